The van der Waals surface area contributed by atoms with Crippen LogP contribution in [0.2, 0.25) is 0 Å². The molecule has 0 bridgehead atoms. The summed E-state index contributed by atoms with van der Waals surface area (Å²) in [5.74, 6) is -0.446. The molecule has 0 saturated heterocycles. The summed E-state index contributed by atoms with van der Waals surface area (Å²) < 4.78 is 12.4. The Bertz CT molecular complexity index is 469. The van der Waals surface area contributed by atoms with Gasteiger partial charge in [-0.05, 0) is 43.9 Å². The number of alkyl halides is 1. The lowest BCUT2D eigenvalue weighted by Crippen LogP contribution is -2.50. The summed E-state index contributed by atoms with van der Waals surface area (Å²) in [4.78, 5) is 12.0. The summed E-state index contributed by atoms with van der Waals surface area (Å²) in [6, 6.07) is 5.64. The second-order valence-corrected chi connectivity index (χ2v) is 6.80. The van der Waals surface area contributed by atoms with Gasteiger partial charge in [0.1, 0.15) is 15.7 Å². The Morgan fingerprint density at radius 1 is 1.47 bits per heavy atom. The predicted molar refractivity (Wildman–Crippen MR) is 74.5 cm³/mol. The molecule has 0 aliphatic heterocycles. The maximum Gasteiger partial charge on any atom is 0.237 e. The number of aliphatic hydroxyl groups is 1. The SMILES string of the molecule is CC(O)(CNC(=O)C1(Br)CCC1)c1ccc(F)cc1. The fourth-order valence-electron chi connectivity index (χ4n) is 2.04. The van der Waals surface area contributed by atoms with Crippen molar-refractivity contribution >= 4 is 21.8 Å². The molecule has 1 aromatic carbocycles. The zero-order chi connectivity index (χ0) is 14.1. The highest BCUT2D eigenvalue weighted by atomic mass is 79.9. The average Bonchev–Trinajstić information content (AvgIpc) is 2.33. The predicted octanol–water partition coefficient (Wildman–Crippen LogP) is 2.47. The van der Waals surface area contributed by atoms with Gasteiger partial charge in [-0.3, -0.25) is 4.79 Å². The molecule has 2 rings (SSSR count). The molecule has 1 aliphatic carbocycles. The first-order valence-electron chi connectivity index (χ1n) is 6.29. The second kappa shape index (κ2) is 5.21. The monoisotopic (exact) mass is 329 g/mol. The third-order valence-electron chi connectivity index (χ3n) is 3.61. The molecule has 0 spiro atoms. The Hall–Kier alpha value is -0.940. The van der Waals surface area contributed by atoms with Gasteiger partial charge in [0.25, 0.3) is 0 Å². The van der Waals surface area contributed by atoms with Crippen LogP contribution in [0.3, 0.4) is 0 Å². The van der Waals surface area contributed by atoms with Gasteiger partial charge in [-0.2, -0.15) is 0 Å². The van der Waals surface area contributed by atoms with Gasteiger partial charge in [0.05, 0.1) is 6.54 Å². The van der Waals surface area contributed by atoms with E-state index in [1.54, 1.807) is 6.92 Å². The lowest BCUT2D eigenvalue weighted by molar-refractivity contribution is -0.126. The highest BCUT2D eigenvalue weighted by Gasteiger charge is 2.42. The van der Waals surface area contributed by atoms with Crippen molar-refractivity contribution in [1.29, 1.82) is 0 Å². The van der Waals surface area contributed by atoms with E-state index in [2.05, 4.69) is 21.2 Å². The van der Waals surface area contributed by atoms with Gasteiger partial charge < -0.3 is 10.4 Å². The smallest absolute Gasteiger partial charge is 0.237 e. The van der Waals surface area contributed by atoms with Crippen LogP contribution in [0.25, 0.3) is 0 Å². The zero-order valence-corrected chi connectivity index (χ0v) is 12.3. The first kappa shape index (κ1) is 14.5. The van der Waals surface area contributed by atoms with E-state index in [9.17, 15) is 14.3 Å². The lowest BCUT2D eigenvalue weighted by atomic mass is 9.84. The fraction of sp³-hybridized carbons (Fsp3) is 0.500. The molecular formula is C14H17BrFNO2. The van der Waals surface area contributed by atoms with Gasteiger partial charge in [-0.15, -0.1) is 0 Å². The molecule has 1 unspecified atom stereocenters. The minimum atomic E-state index is -1.21. The van der Waals surface area contributed by atoms with E-state index in [0.717, 1.165) is 19.3 Å². The molecule has 0 radical (unpaired) electrons. The third kappa shape index (κ3) is 3.15. The number of nitrogens with one attached hydrogen (secondary N) is 1. The van der Waals surface area contributed by atoms with Gasteiger partial charge in [-0.1, -0.05) is 28.1 Å². The Balaban J connectivity index is 1.97. The lowest BCUT2D eigenvalue weighted by Gasteiger charge is -2.35. The van der Waals surface area contributed by atoms with Crippen molar-refractivity contribution in [3.05, 3.63) is 35.6 Å². The van der Waals surface area contributed by atoms with Crippen LogP contribution in [0.4, 0.5) is 4.39 Å². The first-order valence-corrected chi connectivity index (χ1v) is 7.08. The molecule has 0 aromatic heterocycles. The molecule has 1 fully saturated rings. The maximum atomic E-state index is 12.8. The highest BCUT2D eigenvalue weighted by Crippen LogP contribution is 2.40. The number of carbonyl (C=O) groups is 1. The van der Waals surface area contributed by atoms with Crippen molar-refractivity contribution in [2.45, 2.75) is 36.1 Å². The van der Waals surface area contributed by atoms with Gasteiger partial charge >= 0.3 is 0 Å². The van der Waals surface area contributed by atoms with E-state index in [0.29, 0.717) is 5.56 Å². The van der Waals surface area contributed by atoms with E-state index in [1.807, 2.05) is 0 Å². The molecule has 2 N–H and O–H groups in total. The molecular weight excluding hydrogens is 313 g/mol. The molecule has 1 aromatic rings. The van der Waals surface area contributed by atoms with Crippen LogP contribution >= 0.6 is 15.9 Å². The minimum Gasteiger partial charge on any atom is -0.384 e. The number of rotatable bonds is 4. The van der Waals surface area contributed by atoms with Gasteiger partial charge in [0, 0.05) is 0 Å². The van der Waals surface area contributed by atoms with Gasteiger partial charge in [0.2, 0.25) is 5.91 Å². The normalized spacial score (nSPS) is 20.2. The first-order chi connectivity index (χ1) is 8.83. The topological polar surface area (TPSA) is 49.3 Å². The van der Waals surface area contributed by atoms with Crippen LogP contribution < -0.4 is 5.32 Å². The molecule has 1 aliphatic rings. The second-order valence-electron chi connectivity index (χ2n) is 5.28. The number of benzene rings is 1. The zero-order valence-electron chi connectivity index (χ0n) is 10.7. The summed E-state index contributed by atoms with van der Waals surface area (Å²) >= 11 is 3.42. The largest absolute Gasteiger partial charge is 0.384 e. The summed E-state index contributed by atoms with van der Waals surface area (Å²) in [6.07, 6.45) is 2.67. The van der Waals surface area contributed by atoms with Crippen molar-refractivity contribution < 1.29 is 14.3 Å². The minimum absolute atomic E-state index is 0.0962. The van der Waals surface area contributed by atoms with E-state index in [-0.39, 0.29) is 18.3 Å². The van der Waals surface area contributed by atoms with Crippen molar-refractivity contribution in [2.24, 2.45) is 0 Å². The molecule has 1 amide bonds. The standard InChI is InChI=1S/C14H17BrFNO2/c1-13(19,10-3-5-11(16)6-4-10)9-17-12(18)14(15)7-2-8-14/h3-6,19H,2,7-9H2,1H3,(H,17,18). The van der Waals surface area contributed by atoms with E-state index in [1.165, 1.54) is 24.3 Å². The average molecular weight is 330 g/mol. The van der Waals surface area contributed by atoms with Crippen LogP contribution in [0.5, 0.6) is 0 Å². The highest BCUT2D eigenvalue weighted by molar-refractivity contribution is 9.10. The molecule has 1 saturated carbocycles. The molecule has 19 heavy (non-hydrogen) atoms. The third-order valence-corrected chi connectivity index (χ3v) is 4.77. The molecule has 1 atom stereocenters. The van der Waals surface area contributed by atoms with E-state index in [4.69, 9.17) is 0 Å². The van der Waals surface area contributed by atoms with Crippen LogP contribution in [-0.2, 0) is 10.4 Å². The summed E-state index contributed by atoms with van der Waals surface area (Å²) in [7, 11) is 0. The van der Waals surface area contributed by atoms with Crippen LogP contribution in [0.15, 0.2) is 24.3 Å². The summed E-state index contributed by atoms with van der Waals surface area (Å²) in [5, 5.41) is 13.1. The van der Waals surface area contributed by atoms with Gasteiger partial charge in [0.15, 0.2) is 0 Å². The number of halogens is 2. The van der Waals surface area contributed by atoms with Gasteiger partial charge in [-0.25, -0.2) is 4.39 Å². The van der Waals surface area contributed by atoms with Crippen molar-refractivity contribution in [3.8, 4) is 0 Å². The van der Waals surface area contributed by atoms with E-state index < -0.39 is 9.93 Å². The Labute approximate surface area is 120 Å². The van der Waals surface area contributed by atoms with Crippen molar-refractivity contribution in [3.63, 3.8) is 0 Å². The van der Waals surface area contributed by atoms with Crippen molar-refractivity contribution in [2.75, 3.05) is 6.54 Å². The molecule has 104 valence electrons. The fourth-order valence-corrected chi connectivity index (χ4v) is 2.74. The number of carbonyl (C=O) groups excluding carboxylic acids is 1. The number of amides is 1. The Kier molecular flexibility index (Phi) is 3.97. The van der Waals surface area contributed by atoms with Crippen LogP contribution in [0, 0.1) is 5.82 Å². The Morgan fingerprint density at radius 2 is 2.05 bits per heavy atom. The van der Waals surface area contributed by atoms with Crippen LogP contribution in [0.1, 0.15) is 31.7 Å². The molecule has 5 heteroatoms. The molecule has 3 nitrogen and oxygen atoms in total. The van der Waals surface area contributed by atoms with Crippen LogP contribution in [-0.4, -0.2) is 21.9 Å². The Morgan fingerprint density at radius 3 is 2.53 bits per heavy atom. The van der Waals surface area contributed by atoms with Crippen molar-refractivity contribution in [1.82, 2.24) is 5.32 Å². The van der Waals surface area contributed by atoms with E-state index >= 15 is 0 Å². The number of hydrogen-bond donors (Lipinski definition) is 2. The number of hydrogen-bond acceptors (Lipinski definition) is 2. The quantitative estimate of drug-likeness (QED) is 0.834. The maximum absolute atomic E-state index is 12.8. The summed E-state index contributed by atoms with van der Waals surface area (Å²) in [6.45, 7) is 1.70. The summed E-state index contributed by atoms with van der Waals surface area (Å²) in [5.41, 5.74) is -0.636. The molecule has 0 heterocycles.